The van der Waals surface area contributed by atoms with Gasteiger partial charge in [0.15, 0.2) is 0 Å². The fourth-order valence-corrected chi connectivity index (χ4v) is 2.67. The molecule has 19 heavy (non-hydrogen) atoms. The lowest BCUT2D eigenvalue weighted by atomic mass is 10.2. The summed E-state index contributed by atoms with van der Waals surface area (Å²) < 4.78 is 0. The van der Waals surface area contributed by atoms with Crippen LogP contribution in [0.25, 0.3) is 0 Å². The fraction of sp³-hybridized carbons (Fsp3) is 0.571. The molecule has 0 radical (unpaired) electrons. The maximum atomic E-state index is 10.8. The van der Waals surface area contributed by atoms with E-state index in [1.165, 1.54) is 25.6 Å². The number of hydrogen-bond acceptors (Lipinski definition) is 4. The molecule has 2 rings (SSSR count). The van der Waals surface area contributed by atoms with Gasteiger partial charge in [-0.3, -0.25) is 4.90 Å². The number of carbonyl (C=O) groups is 1. The van der Waals surface area contributed by atoms with E-state index in [2.05, 4.69) is 21.7 Å². The SMILES string of the molecule is CCN1CCCC1CN(C)c1ccc(C(=O)O)cn1. The molecule has 1 unspecified atom stereocenters. The van der Waals surface area contributed by atoms with Crippen molar-refractivity contribution in [2.75, 3.05) is 31.6 Å². The molecule has 1 N–H and O–H groups in total. The van der Waals surface area contributed by atoms with E-state index >= 15 is 0 Å². The summed E-state index contributed by atoms with van der Waals surface area (Å²) in [6, 6.07) is 3.96. The summed E-state index contributed by atoms with van der Waals surface area (Å²) in [5, 5.41) is 8.85. The van der Waals surface area contributed by atoms with Crippen LogP contribution < -0.4 is 4.90 Å². The Morgan fingerprint density at radius 3 is 2.95 bits per heavy atom. The van der Waals surface area contributed by atoms with Crippen LogP contribution in [0.1, 0.15) is 30.1 Å². The molecule has 0 amide bonds. The third-order valence-electron chi connectivity index (χ3n) is 3.78. The van der Waals surface area contributed by atoms with Crippen LogP contribution in [0.2, 0.25) is 0 Å². The van der Waals surface area contributed by atoms with Crippen molar-refractivity contribution in [2.24, 2.45) is 0 Å². The largest absolute Gasteiger partial charge is 0.478 e. The van der Waals surface area contributed by atoms with Crippen molar-refractivity contribution in [2.45, 2.75) is 25.8 Å². The standard InChI is InChI=1S/C14H21N3O2/c1-3-17-8-4-5-12(17)10-16(2)13-7-6-11(9-15-13)14(18)19/h6-7,9,12H,3-5,8,10H2,1-2H3,(H,18,19). The van der Waals surface area contributed by atoms with E-state index in [-0.39, 0.29) is 5.56 Å². The van der Waals surface area contributed by atoms with Crippen LogP contribution in [0.3, 0.4) is 0 Å². The molecule has 0 aromatic carbocycles. The zero-order chi connectivity index (χ0) is 13.8. The second kappa shape index (κ2) is 6.02. The average Bonchev–Trinajstić information content (AvgIpc) is 2.86. The maximum absolute atomic E-state index is 10.8. The highest BCUT2D eigenvalue weighted by Crippen LogP contribution is 2.19. The van der Waals surface area contributed by atoms with E-state index in [1.807, 2.05) is 7.05 Å². The second-order valence-electron chi connectivity index (χ2n) is 5.02. The van der Waals surface area contributed by atoms with Crippen LogP contribution in [0, 0.1) is 0 Å². The minimum absolute atomic E-state index is 0.230. The van der Waals surface area contributed by atoms with Gasteiger partial charge in [-0.15, -0.1) is 0 Å². The number of likely N-dealkylation sites (tertiary alicyclic amines) is 1. The third-order valence-corrected chi connectivity index (χ3v) is 3.78. The number of carboxylic acid groups (broad SMARTS) is 1. The highest BCUT2D eigenvalue weighted by molar-refractivity contribution is 5.87. The summed E-state index contributed by atoms with van der Waals surface area (Å²) >= 11 is 0. The number of carboxylic acids is 1. The lowest BCUT2D eigenvalue weighted by Gasteiger charge is -2.28. The molecule has 104 valence electrons. The summed E-state index contributed by atoms with van der Waals surface area (Å²) in [6.45, 7) is 5.40. The Hall–Kier alpha value is -1.62. The number of pyridine rings is 1. The molecule has 5 heteroatoms. The molecular weight excluding hydrogens is 242 g/mol. The molecule has 1 fully saturated rings. The molecule has 0 aliphatic carbocycles. The first-order valence-electron chi connectivity index (χ1n) is 6.76. The Morgan fingerprint density at radius 2 is 2.37 bits per heavy atom. The van der Waals surface area contributed by atoms with Crippen molar-refractivity contribution in [3.63, 3.8) is 0 Å². The van der Waals surface area contributed by atoms with Gasteiger partial charge < -0.3 is 10.0 Å². The van der Waals surface area contributed by atoms with Crippen molar-refractivity contribution < 1.29 is 9.90 Å². The van der Waals surface area contributed by atoms with Gasteiger partial charge >= 0.3 is 5.97 Å². The molecular formula is C14H21N3O2. The number of anilines is 1. The molecule has 1 aromatic heterocycles. The third kappa shape index (κ3) is 3.23. The van der Waals surface area contributed by atoms with Gasteiger partial charge in [0.05, 0.1) is 5.56 Å². The van der Waals surface area contributed by atoms with Gasteiger partial charge in [-0.05, 0) is 38.1 Å². The van der Waals surface area contributed by atoms with Crippen LogP contribution >= 0.6 is 0 Å². The Bertz CT molecular complexity index is 433. The summed E-state index contributed by atoms with van der Waals surface area (Å²) in [6.07, 6.45) is 3.91. The first-order chi connectivity index (χ1) is 9.11. The van der Waals surface area contributed by atoms with Crippen molar-refractivity contribution in [1.82, 2.24) is 9.88 Å². The normalized spacial score (nSPS) is 19.6. The zero-order valence-corrected chi connectivity index (χ0v) is 11.5. The number of hydrogen-bond donors (Lipinski definition) is 1. The Kier molecular flexibility index (Phi) is 4.37. The van der Waals surface area contributed by atoms with E-state index in [0.717, 1.165) is 18.9 Å². The summed E-state index contributed by atoms with van der Waals surface area (Å²) in [5.74, 6) is -0.109. The zero-order valence-electron chi connectivity index (χ0n) is 11.5. The second-order valence-corrected chi connectivity index (χ2v) is 5.02. The van der Waals surface area contributed by atoms with Crippen LogP contribution in [0.5, 0.6) is 0 Å². The Morgan fingerprint density at radius 1 is 1.58 bits per heavy atom. The molecule has 1 saturated heterocycles. The average molecular weight is 263 g/mol. The number of aromatic carboxylic acids is 1. The first kappa shape index (κ1) is 13.8. The molecule has 1 atom stereocenters. The molecule has 1 aliphatic rings. The molecule has 0 saturated carbocycles. The van der Waals surface area contributed by atoms with E-state index in [1.54, 1.807) is 12.1 Å². The minimum atomic E-state index is -0.936. The van der Waals surface area contributed by atoms with E-state index < -0.39 is 5.97 Å². The number of aromatic nitrogens is 1. The van der Waals surface area contributed by atoms with Crippen LogP contribution in [0.4, 0.5) is 5.82 Å². The van der Waals surface area contributed by atoms with Crippen LogP contribution in [-0.4, -0.2) is 53.7 Å². The van der Waals surface area contributed by atoms with Gasteiger partial charge in [0.2, 0.25) is 0 Å². The predicted molar refractivity (Wildman–Crippen MR) is 74.7 cm³/mol. The number of nitrogens with zero attached hydrogens (tertiary/aromatic N) is 3. The van der Waals surface area contributed by atoms with Crippen LogP contribution in [-0.2, 0) is 0 Å². The Labute approximate surface area is 113 Å². The van der Waals surface area contributed by atoms with Gasteiger partial charge in [-0.2, -0.15) is 0 Å². The van der Waals surface area contributed by atoms with E-state index in [9.17, 15) is 4.79 Å². The Balaban J connectivity index is 1.99. The summed E-state index contributed by atoms with van der Waals surface area (Å²) in [4.78, 5) is 19.6. The van der Waals surface area contributed by atoms with Gasteiger partial charge in [0.25, 0.3) is 0 Å². The molecule has 0 spiro atoms. The molecule has 0 bridgehead atoms. The van der Waals surface area contributed by atoms with Crippen molar-refractivity contribution >= 4 is 11.8 Å². The highest BCUT2D eigenvalue weighted by Gasteiger charge is 2.24. The molecule has 1 aliphatic heterocycles. The molecule has 1 aromatic rings. The fourth-order valence-electron chi connectivity index (χ4n) is 2.67. The minimum Gasteiger partial charge on any atom is -0.478 e. The van der Waals surface area contributed by atoms with Gasteiger partial charge in [-0.25, -0.2) is 9.78 Å². The molecule has 2 heterocycles. The lowest BCUT2D eigenvalue weighted by molar-refractivity contribution is 0.0696. The molecule has 5 nitrogen and oxygen atoms in total. The predicted octanol–water partition coefficient (Wildman–Crippen LogP) is 1.70. The summed E-state index contributed by atoms with van der Waals surface area (Å²) in [7, 11) is 2.01. The van der Waals surface area contributed by atoms with Gasteiger partial charge in [0.1, 0.15) is 5.82 Å². The summed E-state index contributed by atoms with van der Waals surface area (Å²) in [5.41, 5.74) is 0.230. The quantitative estimate of drug-likeness (QED) is 0.876. The van der Waals surface area contributed by atoms with E-state index in [0.29, 0.717) is 6.04 Å². The first-order valence-corrected chi connectivity index (χ1v) is 6.76. The van der Waals surface area contributed by atoms with Crippen LogP contribution in [0.15, 0.2) is 18.3 Å². The van der Waals surface area contributed by atoms with Gasteiger partial charge in [-0.1, -0.05) is 6.92 Å². The lowest BCUT2D eigenvalue weighted by Crippen LogP contribution is -2.39. The maximum Gasteiger partial charge on any atom is 0.337 e. The smallest absolute Gasteiger partial charge is 0.337 e. The topological polar surface area (TPSA) is 56.7 Å². The number of likely N-dealkylation sites (N-methyl/N-ethyl adjacent to an activating group) is 2. The van der Waals surface area contributed by atoms with Crippen molar-refractivity contribution in [3.8, 4) is 0 Å². The monoisotopic (exact) mass is 263 g/mol. The number of rotatable bonds is 5. The van der Waals surface area contributed by atoms with Crippen molar-refractivity contribution in [1.29, 1.82) is 0 Å². The highest BCUT2D eigenvalue weighted by atomic mass is 16.4. The van der Waals surface area contributed by atoms with Gasteiger partial charge in [0, 0.05) is 25.8 Å². The van der Waals surface area contributed by atoms with Crippen molar-refractivity contribution in [3.05, 3.63) is 23.9 Å². The van der Waals surface area contributed by atoms with E-state index in [4.69, 9.17) is 5.11 Å².